The summed E-state index contributed by atoms with van der Waals surface area (Å²) in [4.78, 5) is 12.0. The first-order valence-electron chi connectivity index (χ1n) is 5.95. The molecular weight excluding hydrogens is 250 g/mol. The molecule has 0 unspecified atom stereocenters. The Morgan fingerprint density at radius 3 is 2.78 bits per heavy atom. The molecule has 6 nitrogen and oxygen atoms in total. The molecule has 2 heterocycles. The lowest BCUT2D eigenvalue weighted by atomic mass is 10.4. The lowest BCUT2D eigenvalue weighted by Gasteiger charge is -2.03. The summed E-state index contributed by atoms with van der Waals surface area (Å²) in [5.41, 5.74) is -0.00907. The van der Waals surface area contributed by atoms with Gasteiger partial charge in [-0.1, -0.05) is 11.3 Å². The smallest absolute Gasteiger partial charge is 0.328 e. The zero-order chi connectivity index (χ0) is 13.1. The van der Waals surface area contributed by atoms with Crippen LogP contribution in [0, 0.1) is 0 Å². The van der Waals surface area contributed by atoms with Crippen LogP contribution in [0.3, 0.4) is 0 Å². The first kappa shape index (κ1) is 12.8. The van der Waals surface area contributed by atoms with Crippen LogP contribution in [0.15, 0.2) is 17.2 Å². The minimum Gasteiger partial charge on any atom is -0.360 e. The molecule has 0 saturated carbocycles. The Bertz CT molecular complexity index is 568. The van der Waals surface area contributed by atoms with E-state index >= 15 is 0 Å². The molecule has 18 heavy (non-hydrogen) atoms. The Balaban J connectivity index is 2.16. The lowest BCUT2D eigenvalue weighted by Crippen LogP contribution is -2.25. The molecule has 2 rings (SSSR count). The van der Waals surface area contributed by atoms with Gasteiger partial charge in [0.1, 0.15) is 5.01 Å². The maximum Gasteiger partial charge on any atom is 0.328 e. The van der Waals surface area contributed by atoms with Crippen molar-refractivity contribution in [1.29, 1.82) is 0 Å². The Morgan fingerprint density at radius 1 is 1.39 bits per heavy atom. The molecule has 0 spiro atoms. The van der Waals surface area contributed by atoms with E-state index in [1.807, 2.05) is 20.8 Å². The van der Waals surface area contributed by atoms with Gasteiger partial charge < -0.3 is 5.32 Å². The van der Waals surface area contributed by atoms with Gasteiger partial charge in [0.25, 0.3) is 0 Å². The maximum atomic E-state index is 12.0. The van der Waals surface area contributed by atoms with E-state index in [1.54, 1.807) is 21.5 Å². The van der Waals surface area contributed by atoms with Crippen LogP contribution >= 0.6 is 11.3 Å². The van der Waals surface area contributed by atoms with Gasteiger partial charge >= 0.3 is 5.69 Å². The summed E-state index contributed by atoms with van der Waals surface area (Å²) in [6.45, 7) is 7.27. The highest BCUT2D eigenvalue weighted by Gasteiger charge is 2.09. The summed E-state index contributed by atoms with van der Waals surface area (Å²) in [5.74, 6) is 0. The van der Waals surface area contributed by atoms with Crippen molar-refractivity contribution in [3.05, 3.63) is 27.9 Å². The summed E-state index contributed by atoms with van der Waals surface area (Å²) < 4.78 is 3.35. The van der Waals surface area contributed by atoms with Crippen molar-refractivity contribution in [2.24, 2.45) is 0 Å². The molecule has 0 aromatic carbocycles. The number of imidazole rings is 1. The first-order chi connectivity index (χ1) is 8.61. The van der Waals surface area contributed by atoms with Crippen LogP contribution in [-0.4, -0.2) is 25.9 Å². The predicted octanol–water partition coefficient (Wildman–Crippen LogP) is 1.56. The third-order valence-corrected chi connectivity index (χ3v) is 3.40. The molecule has 98 valence electrons. The molecule has 0 amide bonds. The summed E-state index contributed by atoms with van der Waals surface area (Å²) in [6, 6.07) is 0.172. The molecule has 0 bridgehead atoms. The fraction of sp³-hybridized carbons (Fsp3) is 0.545. The summed E-state index contributed by atoms with van der Waals surface area (Å²) >= 11 is 1.48. The Hall–Kier alpha value is -1.63. The maximum absolute atomic E-state index is 12.0. The van der Waals surface area contributed by atoms with E-state index in [0.29, 0.717) is 6.54 Å². The quantitative estimate of drug-likeness (QED) is 0.893. The molecule has 0 fully saturated rings. The van der Waals surface area contributed by atoms with Crippen LogP contribution < -0.4 is 11.0 Å². The molecule has 0 atom stereocenters. The number of hydrogen-bond donors (Lipinski definition) is 1. The van der Waals surface area contributed by atoms with Crippen molar-refractivity contribution < 1.29 is 0 Å². The minimum absolute atomic E-state index is 0.00907. The Morgan fingerprint density at radius 2 is 2.17 bits per heavy atom. The number of nitrogens with zero attached hydrogens (tertiary/aromatic N) is 4. The van der Waals surface area contributed by atoms with Gasteiger partial charge in [-0.2, -0.15) is 0 Å². The molecule has 0 saturated heterocycles. The molecule has 2 aromatic rings. The van der Waals surface area contributed by atoms with E-state index in [1.165, 1.54) is 11.3 Å². The third kappa shape index (κ3) is 2.61. The number of nitrogens with one attached hydrogen (secondary N) is 1. The second kappa shape index (κ2) is 5.34. The summed E-state index contributed by atoms with van der Waals surface area (Å²) in [7, 11) is 0. The molecule has 7 heteroatoms. The Kier molecular flexibility index (Phi) is 3.81. The molecule has 0 aliphatic rings. The highest BCUT2D eigenvalue weighted by Crippen LogP contribution is 2.15. The Labute approximate surface area is 109 Å². The highest BCUT2D eigenvalue weighted by atomic mass is 32.1. The largest absolute Gasteiger partial charge is 0.360 e. The van der Waals surface area contributed by atoms with Crippen molar-refractivity contribution in [1.82, 2.24) is 19.3 Å². The number of aromatic nitrogens is 4. The summed E-state index contributed by atoms with van der Waals surface area (Å²) in [5, 5.41) is 12.8. The van der Waals surface area contributed by atoms with E-state index in [4.69, 9.17) is 0 Å². The van der Waals surface area contributed by atoms with E-state index in [9.17, 15) is 4.79 Å². The second-order valence-electron chi connectivity index (χ2n) is 4.24. The van der Waals surface area contributed by atoms with Crippen molar-refractivity contribution in [2.45, 2.75) is 33.4 Å². The zero-order valence-corrected chi connectivity index (χ0v) is 11.6. The van der Waals surface area contributed by atoms with Crippen molar-refractivity contribution >= 4 is 16.5 Å². The molecular formula is C11H17N5OS. The van der Waals surface area contributed by atoms with Crippen LogP contribution in [-0.2, 0) is 6.54 Å². The van der Waals surface area contributed by atoms with E-state index in [-0.39, 0.29) is 11.7 Å². The number of anilines is 1. The van der Waals surface area contributed by atoms with Crippen LogP contribution in [0.4, 0.5) is 5.13 Å². The summed E-state index contributed by atoms with van der Waals surface area (Å²) in [6.07, 6.45) is 3.59. The van der Waals surface area contributed by atoms with Crippen molar-refractivity contribution in [2.75, 3.05) is 11.9 Å². The standard InChI is InChI=1S/C11H17N5OS/c1-4-12-10-14-13-9(18-10)7-15-5-6-16(8(2)3)11(15)17/h5-6,8H,4,7H2,1-3H3,(H,12,14). The van der Waals surface area contributed by atoms with Crippen LogP contribution in [0.2, 0.25) is 0 Å². The van der Waals surface area contributed by atoms with Gasteiger partial charge in [0.05, 0.1) is 6.54 Å². The van der Waals surface area contributed by atoms with Crippen molar-refractivity contribution in [3.63, 3.8) is 0 Å². The van der Waals surface area contributed by atoms with Crippen molar-refractivity contribution in [3.8, 4) is 0 Å². The van der Waals surface area contributed by atoms with Gasteiger partial charge in [-0.15, -0.1) is 10.2 Å². The van der Waals surface area contributed by atoms with E-state index in [2.05, 4.69) is 15.5 Å². The molecule has 0 aliphatic heterocycles. The van der Waals surface area contributed by atoms with E-state index in [0.717, 1.165) is 16.7 Å². The monoisotopic (exact) mass is 267 g/mol. The fourth-order valence-electron chi connectivity index (χ4n) is 1.63. The topological polar surface area (TPSA) is 64.7 Å². The molecule has 0 radical (unpaired) electrons. The van der Waals surface area contributed by atoms with Gasteiger partial charge in [-0.25, -0.2) is 4.79 Å². The second-order valence-corrected chi connectivity index (χ2v) is 5.30. The predicted molar refractivity (Wildman–Crippen MR) is 72.3 cm³/mol. The average molecular weight is 267 g/mol. The van der Waals surface area contributed by atoms with Gasteiger partial charge in [-0.05, 0) is 20.8 Å². The highest BCUT2D eigenvalue weighted by molar-refractivity contribution is 7.15. The van der Waals surface area contributed by atoms with Crippen LogP contribution in [0.1, 0.15) is 31.8 Å². The van der Waals surface area contributed by atoms with E-state index < -0.39 is 0 Å². The number of hydrogen-bond acceptors (Lipinski definition) is 5. The first-order valence-corrected chi connectivity index (χ1v) is 6.77. The SMILES string of the molecule is CCNc1nnc(Cn2ccn(C(C)C)c2=O)s1. The number of rotatable bonds is 5. The fourth-order valence-corrected chi connectivity index (χ4v) is 2.43. The molecule has 1 N–H and O–H groups in total. The molecule has 2 aromatic heterocycles. The van der Waals surface area contributed by atoms with Gasteiger partial charge in [0, 0.05) is 25.0 Å². The van der Waals surface area contributed by atoms with Gasteiger partial charge in [-0.3, -0.25) is 9.13 Å². The minimum atomic E-state index is -0.00907. The molecule has 0 aliphatic carbocycles. The average Bonchev–Trinajstić information content (AvgIpc) is 2.89. The van der Waals surface area contributed by atoms with Gasteiger partial charge in [0.15, 0.2) is 0 Å². The van der Waals surface area contributed by atoms with Crippen LogP contribution in [0.5, 0.6) is 0 Å². The van der Waals surface area contributed by atoms with Gasteiger partial charge in [0.2, 0.25) is 5.13 Å². The van der Waals surface area contributed by atoms with Crippen LogP contribution in [0.25, 0.3) is 0 Å². The zero-order valence-electron chi connectivity index (χ0n) is 10.8. The third-order valence-electron chi connectivity index (χ3n) is 2.53. The normalized spacial score (nSPS) is 11.1. The lowest BCUT2D eigenvalue weighted by molar-refractivity contribution is 0.560.